The van der Waals surface area contributed by atoms with Gasteiger partial charge in [0.15, 0.2) is 6.61 Å². The maximum Gasteiger partial charge on any atom is 0.330 e. The molecule has 4 aliphatic carbocycles. The predicted octanol–water partition coefficient (Wildman–Crippen LogP) is -0.613. The van der Waals surface area contributed by atoms with Crippen LogP contribution in [0.15, 0.2) is 0 Å². The summed E-state index contributed by atoms with van der Waals surface area (Å²) in [4.78, 5) is 12.4. The third-order valence-corrected chi connectivity index (χ3v) is 6.21. The van der Waals surface area contributed by atoms with E-state index in [2.05, 4.69) is 0 Å². The van der Waals surface area contributed by atoms with Crippen molar-refractivity contribution in [2.75, 3.05) is 6.61 Å². The number of carbonyl (C=O) groups excluding carboxylic acids is 1. The van der Waals surface area contributed by atoms with Crippen molar-refractivity contribution in [3.63, 3.8) is 0 Å². The fraction of sp³-hybridized carbons (Fsp3) is 0.923. The smallest absolute Gasteiger partial charge is 0.330 e. The van der Waals surface area contributed by atoms with Crippen LogP contribution in [-0.4, -0.2) is 51.6 Å². The zero-order chi connectivity index (χ0) is 16.4. The lowest BCUT2D eigenvalue weighted by Gasteiger charge is -2.58. The molecule has 22 heavy (non-hydrogen) atoms. The van der Waals surface area contributed by atoms with Crippen LogP contribution in [0.25, 0.3) is 0 Å². The van der Waals surface area contributed by atoms with Gasteiger partial charge < -0.3 is 20.1 Å². The maximum atomic E-state index is 12.4. The Morgan fingerprint density at radius 3 is 2.18 bits per heavy atom. The molecule has 0 aliphatic heterocycles. The highest BCUT2D eigenvalue weighted by atomic mass is 32.2. The SMILES string of the molecule is O=C(OCC(O)(O)S(=O)(=O)O)C12CC3C[C@H](CC(O)(C3)C1)C2. The van der Waals surface area contributed by atoms with E-state index >= 15 is 0 Å². The molecule has 4 N–H and O–H groups in total. The van der Waals surface area contributed by atoms with E-state index in [0.717, 1.165) is 6.42 Å². The van der Waals surface area contributed by atoms with E-state index < -0.39 is 38.8 Å². The molecule has 0 saturated heterocycles. The van der Waals surface area contributed by atoms with Gasteiger partial charge >= 0.3 is 21.2 Å². The molecule has 0 radical (unpaired) electrons. The number of rotatable bonds is 4. The molecule has 4 fully saturated rings. The number of esters is 1. The van der Waals surface area contributed by atoms with E-state index in [-0.39, 0.29) is 18.3 Å². The zero-order valence-electron chi connectivity index (χ0n) is 11.9. The molecule has 8 nitrogen and oxygen atoms in total. The Balaban J connectivity index is 1.73. The molecule has 4 aliphatic rings. The van der Waals surface area contributed by atoms with Crippen LogP contribution in [-0.2, 0) is 19.6 Å². The monoisotopic (exact) mass is 336 g/mol. The molecule has 0 aromatic heterocycles. The average Bonchev–Trinajstić information content (AvgIpc) is 2.31. The van der Waals surface area contributed by atoms with Crippen LogP contribution in [0.5, 0.6) is 0 Å². The van der Waals surface area contributed by atoms with Gasteiger partial charge in [0.1, 0.15) is 0 Å². The molecular weight excluding hydrogens is 316 g/mol. The summed E-state index contributed by atoms with van der Waals surface area (Å²) in [6, 6.07) is 0. The Labute approximate surface area is 127 Å². The van der Waals surface area contributed by atoms with Crippen molar-refractivity contribution in [2.24, 2.45) is 17.3 Å². The normalized spacial score (nSPS) is 40.7. The molecule has 0 amide bonds. The third-order valence-electron chi connectivity index (χ3n) is 5.27. The van der Waals surface area contributed by atoms with E-state index in [0.29, 0.717) is 25.7 Å². The lowest BCUT2D eigenvalue weighted by atomic mass is 9.48. The molecule has 4 bridgehead atoms. The standard InChI is InChI=1S/C13H20O8S/c14-10(21-7-13(16,17)22(18,19)20)11-2-8-1-9(3-11)5-12(15,4-8)6-11/h8-9,15-17H,1-7H2,(H,18,19,20)/t8-,9?,11?,12?/m0/s1. The Morgan fingerprint density at radius 2 is 1.73 bits per heavy atom. The second kappa shape index (κ2) is 4.64. The van der Waals surface area contributed by atoms with Crippen molar-refractivity contribution in [2.45, 2.75) is 49.2 Å². The summed E-state index contributed by atoms with van der Waals surface area (Å²) >= 11 is 0. The summed E-state index contributed by atoms with van der Waals surface area (Å²) < 4.78 is 35.0. The predicted molar refractivity (Wildman–Crippen MR) is 71.7 cm³/mol. The van der Waals surface area contributed by atoms with E-state index in [1.54, 1.807) is 0 Å². The molecule has 4 atom stereocenters. The molecule has 0 aromatic rings. The highest BCUT2D eigenvalue weighted by Crippen LogP contribution is 2.61. The van der Waals surface area contributed by atoms with E-state index in [9.17, 15) is 28.5 Å². The van der Waals surface area contributed by atoms with Gasteiger partial charge in [0.05, 0.1) is 11.0 Å². The number of ether oxygens (including phenoxy) is 1. The molecule has 4 rings (SSSR count). The fourth-order valence-corrected chi connectivity index (χ4v) is 5.05. The number of hydrogen-bond donors (Lipinski definition) is 4. The quantitative estimate of drug-likeness (QED) is 0.302. The van der Waals surface area contributed by atoms with E-state index in [1.807, 2.05) is 0 Å². The molecule has 0 heterocycles. The summed E-state index contributed by atoms with van der Waals surface area (Å²) in [5.41, 5.74) is -1.78. The van der Waals surface area contributed by atoms with Gasteiger partial charge in [-0.25, -0.2) is 0 Å². The fourth-order valence-electron chi connectivity index (χ4n) is 4.84. The first-order valence-corrected chi connectivity index (χ1v) is 8.70. The first-order chi connectivity index (χ1) is 9.95. The summed E-state index contributed by atoms with van der Waals surface area (Å²) in [5.74, 6) is -0.280. The largest absolute Gasteiger partial charge is 0.458 e. The third kappa shape index (κ3) is 2.54. The molecule has 0 spiro atoms. The topological polar surface area (TPSA) is 141 Å². The zero-order valence-corrected chi connectivity index (χ0v) is 12.8. The van der Waals surface area contributed by atoms with E-state index in [1.165, 1.54) is 0 Å². The summed E-state index contributed by atoms with van der Waals surface area (Å²) in [6.45, 7) is -1.26. The molecule has 0 aromatic carbocycles. The van der Waals surface area contributed by atoms with Gasteiger partial charge in [-0.15, -0.1) is 0 Å². The van der Waals surface area contributed by atoms with Crippen LogP contribution >= 0.6 is 0 Å². The van der Waals surface area contributed by atoms with Crippen molar-refractivity contribution in [1.82, 2.24) is 0 Å². The van der Waals surface area contributed by atoms with Crippen molar-refractivity contribution >= 4 is 16.1 Å². The second-order valence-corrected chi connectivity index (χ2v) is 8.86. The van der Waals surface area contributed by atoms with Crippen molar-refractivity contribution < 1.29 is 37.8 Å². The minimum absolute atomic E-state index is 0.230. The second-order valence-electron chi connectivity index (χ2n) is 7.26. The lowest BCUT2D eigenvalue weighted by Crippen LogP contribution is -2.59. The van der Waals surface area contributed by atoms with Crippen LogP contribution in [0.2, 0.25) is 0 Å². The van der Waals surface area contributed by atoms with Crippen LogP contribution < -0.4 is 0 Å². The van der Waals surface area contributed by atoms with Crippen LogP contribution in [0, 0.1) is 17.3 Å². The summed E-state index contributed by atoms with van der Waals surface area (Å²) in [7, 11) is -5.18. The van der Waals surface area contributed by atoms with Crippen molar-refractivity contribution in [3.05, 3.63) is 0 Å². The lowest BCUT2D eigenvalue weighted by molar-refractivity contribution is -0.206. The van der Waals surface area contributed by atoms with Gasteiger partial charge in [-0.3, -0.25) is 9.35 Å². The summed E-state index contributed by atoms with van der Waals surface area (Å²) in [6.07, 6.45) is 3.65. The van der Waals surface area contributed by atoms with Crippen molar-refractivity contribution in [1.29, 1.82) is 0 Å². The number of hydrogen-bond acceptors (Lipinski definition) is 7. The Bertz CT molecular complexity index is 581. The Morgan fingerprint density at radius 1 is 1.18 bits per heavy atom. The van der Waals surface area contributed by atoms with Gasteiger partial charge in [0.25, 0.3) is 0 Å². The van der Waals surface area contributed by atoms with Crippen LogP contribution in [0.3, 0.4) is 0 Å². The number of carbonyl (C=O) groups is 1. The highest BCUT2D eigenvalue weighted by molar-refractivity contribution is 7.86. The molecular formula is C13H20O8S. The van der Waals surface area contributed by atoms with E-state index in [4.69, 9.17) is 9.29 Å². The maximum absolute atomic E-state index is 12.4. The van der Waals surface area contributed by atoms with Gasteiger partial charge in [-0.1, -0.05) is 0 Å². The Kier molecular flexibility index (Phi) is 3.40. The minimum atomic E-state index is -5.18. The van der Waals surface area contributed by atoms with Gasteiger partial charge in [-0.05, 0) is 50.4 Å². The molecule has 9 heteroatoms. The van der Waals surface area contributed by atoms with Gasteiger partial charge in [-0.2, -0.15) is 8.42 Å². The van der Waals surface area contributed by atoms with Crippen LogP contribution in [0.1, 0.15) is 38.5 Å². The average molecular weight is 336 g/mol. The van der Waals surface area contributed by atoms with Gasteiger partial charge in [0, 0.05) is 0 Å². The van der Waals surface area contributed by atoms with Crippen LogP contribution in [0.4, 0.5) is 0 Å². The highest BCUT2D eigenvalue weighted by Gasteiger charge is 2.61. The molecule has 4 saturated carbocycles. The summed E-state index contributed by atoms with van der Waals surface area (Å²) in [5, 5.41) is 25.5. The van der Waals surface area contributed by atoms with Crippen molar-refractivity contribution in [3.8, 4) is 0 Å². The first-order valence-electron chi connectivity index (χ1n) is 7.26. The number of aliphatic hydroxyl groups is 3. The molecule has 126 valence electrons. The minimum Gasteiger partial charge on any atom is -0.458 e. The molecule has 3 unspecified atom stereocenters. The van der Waals surface area contributed by atoms with Gasteiger partial charge in [0.2, 0.25) is 0 Å². The first kappa shape index (κ1) is 16.1. The Hall–Kier alpha value is -0.740.